The Morgan fingerprint density at radius 2 is 1.73 bits per heavy atom. The van der Waals surface area contributed by atoms with E-state index in [1.54, 1.807) is 37.6 Å². The van der Waals surface area contributed by atoms with Crippen LogP contribution in [0.5, 0.6) is 11.5 Å². The van der Waals surface area contributed by atoms with E-state index >= 15 is 0 Å². The van der Waals surface area contributed by atoms with Crippen molar-refractivity contribution in [3.05, 3.63) is 72.6 Å². The molecule has 1 aromatic heterocycles. The van der Waals surface area contributed by atoms with Gasteiger partial charge < -0.3 is 14.4 Å². The van der Waals surface area contributed by atoms with Crippen LogP contribution in [0.3, 0.4) is 0 Å². The molecule has 0 spiro atoms. The lowest BCUT2D eigenvalue weighted by atomic mass is 10.3. The van der Waals surface area contributed by atoms with Gasteiger partial charge in [-0.05, 0) is 54.6 Å². The summed E-state index contributed by atoms with van der Waals surface area (Å²) in [5, 5.41) is 9.24. The van der Waals surface area contributed by atoms with E-state index < -0.39 is 0 Å². The first-order valence-electron chi connectivity index (χ1n) is 6.90. The summed E-state index contributed by atoms with van der Waals surface area (Å²) >= 11 is 0. The minimum absolute atomic E-state index is 0.240. The van der Waals surface area contributed by atoms with Crippen molar-refractivity contribution >= 4 is 11.9 Å². The van der Waals surface area contributed by atoms with Crippen LogP contribution in [0.25, 0.3) is 5.69 Å². The van der Waals surface area contributed by atoms with Crippen LogP contribution in [-0.4, -0.2) is 23.0 Å². The lowest BCUT2D eigenvalue weighted by Gasteiger charge is -2.04. The first-order chi connectivity index (χ1) is 10.7. The maximum absolute atomic E-state index is 9.24. The first kappa shape index (κ1) is 13.9. The van der Waals surface area contributed by atoms with Crippen LogP contribution < -0.4 is 4.74 Å². The van der Waals surface area contributed by atoms with Crippen molar-refractivity contribution in [2.45, 2.75) is 0 Å². The summed E-state index contributed by atoms with van der Waals surface area (Å²) in [6.45, 7) is 0. The Kier molecular flexibility index (Phi) is 3.92. The van der Waals surface area contributed by atoms with Gasteiger partial charge in [0, 0.05) is 29.9 Å². The number of nitrogens with zero attached hydrogens (tertiary/aromatic N) is 2. The summed E-state index contributed by atoms with van der Waals surface area (Å²) in [5.41, 5.74) is 2.86. The fourth-order valence-electron chi connectivity index (χ4n) is 2.09. The maximum Gasteiger partial charge on any atom is 0.119 e. The number of aromatic hydroxyl groups is 1. The van der Waals surface area contributed by atoms with Crippen LogP contribution in [0.2, 0.25) is 0 Å². The number of hydrogen-bond acceptors (Lipinski definition) is 3. The average Bonchev–Trinajstić information content (AvgIpc) is 3.03. The molecule has 0 amide bonds. The monoisotopic (exact) mass is 292 g/mol. The van der Waals surface area contributed by atoms with E-state index in [0.717, 1.165) is 22.7 Å². The van der Waals surface area contributed by atoms with Crippen LogP contribution in [0.1, 0.15) is 5.56 Å². The fourth-order valence-corrected chi connectivity index (χ4v) is 2.09. The molecule has 0 saturated heterocycles. The number of rotatable bonds is 4. The Bertz CT molecular complexity index is 772. The molecule has 0 aliphatic rings. The van der Waals surface area contributed by atoms with Crippen molar-refractivity contribution < 1.29 is 9.84 Å². The molecule has 1 N–H and O–H groups in total. The maximum atomic E-state index is 9.24. The highest BCUT2D eigenvalue weighted by Crippen LogP contribution is 2.18. The highest BCUT2D eigenvalue weighted by Gasteiger charge is 1.99. The Hall–Kier alpha value is -3.01. The van der Waals surface area contributed by atoms with Gasteiger partial charge in [0.15, 0.2) is 0 Å². The van der Waals surface area contributed by atoms with Gasteiger partial charge in [-0.15, -0.1) is 0 Å². The van der Waals surface area contributed by atoms with Crippen molar-refractivity contribution in [3.8, 4) is 17.2 Å². The standard InChI is InChI=1S/C18H16N2O2/c1-22-18-8-4-16(5-9-18)20-11-10-14(13-20)12-19-15-2-6-17(21)7-3-15/h2-13,21H,1H3. The van der Waals surface area contributed by atoms with E-state index in [2.05, 4.69) is 4.99 Å². The molecule has 0 aliphatic carbocycles. The second-order valence-corrected chi connectivity index (χ2v) is 4.82. The summed E-state index contributed by atoms with van der Waals surface area (Å²) in [5.74, 6) is 1.08. The SMILES string of the molecule is COc1ccc(-n2ccc(C=Nc3ccc(O)cc3)c2)cc1. The fraction of sp³-hybridized carbons (Fsp3) is 0.0556. The number of phenols is 1. The molecule has 0 saturated carbocycles. The quantitative estimate of drug-likeness (QED) is 0.740. The van der Waals surface area contributed by atoms with E-state index in [-0.39, 0.29) is 5.75 Å². The van der Waals surface area contributed by atoms with Gasteiger partial charge in [-0.3, -0.25) is 4.99 Å². The molecule has 22 heavy (non-hydrogen) atoms. The second kappa shape index (κ2) is 6.18. The van der Waals surface area contributed by atoms with Crippen LogP contribution in [-0.2, 0) is 0 Å². The summed E-state index contributed by atoms with van der Waals surface area (Å²) in [7, 11) is 1.66. The molecule has 0 fully saturated rings. The minimum atomic E-state index is 0.240. The zero-order valence-electron chi connectivity index (χ0n) is 12.2. The molecule has 4 heteroatoms. The molecule has 3 aromatic rings. The molecule has 110 valence electrons. The zero-order valence-corrected chi connectivity index (χ0v) is 12.2. The van der Waals surface area contributed by atoms with Gasteiger partial charge in [-0.2, -0.15) is 0 Å². The molecule has 4 nitrogen and oxygen atoms in total. The topological polar surface area (TPSA) is 46.8 Å². The second-order valence-electron chi connectivity index (χ2n) is 4.82. The molecule has 0 unspecified atom stereocenters. The lowest BCUT2D eigenvalue weighted by Crippen LogP contribution is -1.90. The summed E-state index contributed by atoms with van der Waals surface area (Å²) in [6.07, 6.45) is 5.79. The Labute approximate surface area is 128 Å². The number of aromatic nitrogens is 1. The third-order valence-electron chi connectivity index (χ3n) is 3.30. The third-order valence-corrected chi connectivity index (χ3v) is 3.30. The van der Waals surface area contributed by atoms with Gasteiger partial charge in [-0.1, -0.05) is 0 Å². The summed E-state index contributed by atoms with van der Waals surface area (Å²) < 4.78 is 7.18. The number of methoxy groups -OCH3 is 1. The Morgan fingerprint density at radius 1 is 1.00 bits per heavy atom. The molecular formula is C18H16N2O2. The van der Waals surface area contributed by atoms with Crippen LogP contribution in [0.4, 0.5) is 5.69 Å². The van der Waals surface area contributed by atoms with E-state index in [0.29, 0.717) is 0 Å². The van der Waals surface area contributed by atoms with Crippen molar-refractivity contribution in [1.29, 1.82) is 0 Å². The first-order valence-corrected chi connectivity index (χ1v) is 6.90. The molecule has 0 atom stereocenters. The van der Waals surface area contributed by atoms with E-state index in [4.69, 9.17) is 4.74 Å². The number of aliphatic imine (C=N–C) groups is 1. The predicted octanol–water partition coefficient (Wildman–Crippen LogP) is 3.94. The van der Waals surface area contributed by atoms with Crippen molar-refractivity contribution in [1.82, 2.24) is 4.57 Å². The number of phenolic OH excluding ortho intramolecular Hbond substituents is 1. The van der Waals surface area contributed by atoms with Crippen LogP contribution in [0.15, 0.2) is 72.0 Å². The van der Waals surface area contributed by atoms with Crippen molar-refractivity contribution in [3.63, 3.8) is 0 Å². The molecule has 2 aromatic carbocycles. The Morgan fingerprint density at radius 3 is 2.41 bits per heavy atom. The Balaban J connectivity index is 1.76. The molecular weight excluding hydrogens is 276 g/mol. The van der Waals surface area contributed by atoms with Crippen LogP contribution >= 0.6 is 0 Å². The molecule has 1 heterocycles. The van der Waals surface area contributed by atoms with E-state index in [1.165, 1.54) is 0 Å². The third kappa shape index (κ3) is 3.17. The number of ether oxygens (including phenoxy) is 1. The van der Waals surface area contributed by atoms with E-state index in [1.807, 2.05) is 47.3 Å². The minimum Gasteiger partial charge on any atom is -0.508 e. The van der Waals surface area contributed by atoms with Gasteiger partial charge >= 0.3 is 0 Å². The van der Waals surface area contributed by atoms with Gasteiger partial charge in [0.1, 0.15) is 11.5 Å². The normalized spacial score (nSPS) is 11.0. The summed E-state index contributed by atoms with van der Waals surface area (Å²) in [4.78, 5) is 4.38. The van der Waals surface area contributed by atoms with Gasteiger partial charge in [-0.25, -0.2) is 0 Å². The van der Waals surface area contributed by atoms with Crippen molar-refractivity contribution in [2.24, 2.45) is 4.99 Å². The highest BCUT2D eigenvalue weighted by molar-refractivity contribution is 5.81. The summed E-state index contributed by atoms with van der Waals surface area (Å²) in [6, 6.07) is 16.6. The molecule has 0 radical (unpaired) electrons. The number of benzene rings is 2. The van der Waals surface area contributed by atoms with Gasteiger partial charge in [0.05, 0.1) is 12.8 Å². The average molecular weight is 292 g/mol. The van der Waals surface area contributed by atoms with E-state index in [9.17, 15) is 5.11 Å². The molecule has 0 bridgehead atoms. The van der Waals surface area contributed by atoms with Crippen LogP contribution in [0, 0.1) is 0 Å². The number of hydrogen-bond donors (Lipinski definition) is 1. The largest absolute Gasteiger partial charge is 0.508 e. The lowest BCUT2D eigenvalue weighted by molar-refractivity contribution is 0.415. The highest BCUT2D eigenvalue weighted by atomic mass is 16.5. The van der Waals surface area contributed by atoms with Crippen molar-refractivity contribution in [2.75, 3.05) is 7.11 Å². The zero-order chi connectivity index (χ0) is 15.4. The molecule has 0 aliphatic heterocycles. The smallest absolute Gasteiger partial charge is 0.119 e. The molecule has 3 rings (SSSR count). The predicted molar refractivity (Wildman–Crippen MR) is 87.7 cm³/mol. The van der Waals surface area contributed by atoms with Gasteiger partial charge in [0.2, 0.25) is 0 Å². The van der Waals surface area contributed by atoms with Gasteiger partial charge in [0.25, 0.3) is 0 Å².